The SMILES string of the molecule is C#CCO[C@@H]1[C@H](O)[C@@H](CO)O[C@H]1n1ccc(=O)n(COC(=O)C(C)(C)C)c1=O. The number of aliphatic hydroxyl groups is 2. The van der Waals surface area contributed by atoms with Crippen LogP contribution in [0.25, 0.3) is 0 Å². The molecule has 1 saturated heterocycles. The Balaban J connectivity index is 2.35. The number of ether oxygens (including phenoxy) is 3. The Morgan fingerprint density at radius 3 is 2.64 bits per heavy atom. The zero-order valence-corrected chi connectivity index (χ0v) is 15.9. The van der Waals surface area contributed by atoms with Gasteiger partial charge in [-0.05, 0) is 20.8 Å². The Morgan fingerprint density at radius 2 is 2.07 bits per heavy atom. The maximum absolute atomic E-state index is 12.8. The smallest absolute Gasteiger partial charge is 0.335 e. The fourth-order valence-electron chi connectivity index (χ4n) is 2.60. The highest BCUT2D eigenvalue weighted by Crippen LogP contribution is 2.30. The molecule has 154 valence electrons. The van der Waals surface area contributed by atoms with E-state index in [-0.39, 0.29) is 6.61 Å². The molecule has 0 aromatic carbocycles. The zero-order valence-electron chi connectivity index (χ0n) is 15.9. The van der Waals surface area contributed by atoms with Gasteiger partial charge in [-0.3, -0.25) is 14.2 Å². The number of aromatic nitrogens is 2. The quantitative estimate of drug-likeness (QED) is 0.454. The van der Waals surface area contributed by atoms with Crippen LogP contribution in [-0.2, 0) is 25.7 Å². The van der Waals surface area contributed by atoms with Gasteiger partial charge in [0.1, 0.15) is 24.9 Å². The summed E-state index contributed by atoms with van der Waals surface area (Å²) in [5.74, 6) is 1.66. The summed E-state index contributed by atoms with van der Waals surface area (Å²) in [6.07, 6.45) is 1.92. The van der Waals surface area contributed by atoms with E-state index in [4.69, 9.17) is 20.6 Å². The molecule has 2 rings (SSSR count). The van der Waals surface area contributed by atoms with Crippen molar-refractivity contribution in [3.63, 3.8) is 0 Å². The first kappa shape index (κ1) is 21.8. The van der Waals surface area contributed by atoms with Crippen LogP contribution in [-0.4, -0.2) is 56.8 Å². The molecule has 2 heterocycles. The van der Waals surface area contributed by atoms with E-state index >= 15 is 0 Å². The molecule has 1 aliphatic rings. The van der Waals surface area contributed by atoms with Crippen LogP contribution in [0, 0.1) is 17.8 Å². The molecule has 0 saturated carbocycles. The van der Waals surface area contributed by atoms with E-state index in [1.165, 1.54) is 6.20 Å². The normalized spacial score (nSPS) is 24.7. The van der Waals surface area contributed by atoms with Crippen LogP contribution >= 0.6 is 0 Å². The van der Waals surface area contributed by atoms with E-state index in [9.17, 15) is 24.6 Å². The summed E-state index contributed by atoms with van der Waals surface area (Å²) in [7, 11) is 0. The van der Waals surface area contributed by atoms with Gasteiger partial charge in [0.2, 0.25) is 0 Å². The Morgan fingerprint density at radius 1 is 1.39 bits per heavy atom. The number of nitrogens with zero attached hydrogens (tertiary/aromatic N) is 2. The van der Waals surface area contributed by atoms with Crippen molar-refractivity contribution < 1.29 is 29.2 Å². The third-order valence-electron chi connectivity index (χ3n) is 4.16. The molecular weight excluding hydrogens is 372 g/mol. The number of carbonyl (C=O) groups is 1. The van der Waals surface area contributed by atoms with E-state index in [0.29, 0.717) is 4.57 Å². The number of hydrogen-bond donors (Lipinski definition) is 2. The molecule has 0 spiro atoms. The molecule has 0 radical (unpaired) electrons. The van der Waals surface area contributed by atoms with Crippen LogP contribution in [0.4, 0.5) is 0 Å². The molecule has 0 aliphatic carbocycles. The second-order valence-corrected chi connectivity index (χ2v) is 7.30. The van der Waals surface area contributed by atoms with Crippen LogP contribution in [0.5, 0.6) is 0 Å². The summed E-state index contributed by atoms with van der Waals surface area (Å²) in [4.78, 5) is 36.8. The van der Waals surface area contributed by atoms with Crippen molar-refractivity contribution in [2.75, 3.05) is 13.2 Å². The van der Waals surface area contributed by atoms with Gasteiger partial charge < -0.3 is 24.4 Å². The van der Waals surface area contributed by atoms with E-state index < -0.39 is 60.5 Å². The monoisotopic (exact) mass is 396 g/mol. The third-order valence-corrected chi connectivity index (χ3v) is 4.16. The fourth-order valence-corrected chi connectivity index (χ4v) is 2.60. The van der Waals surface area contributed by atoms with Crippen LogP contribution in [0.1, 0.15) is 27.0 Å². The van der Waals surface area contributed by atoms with Crippen molar-refractivity contribution in [3.8, 4) is 12.3 Å². The highest BCUT2D eigenvalue weighted by atomic mass is 16.6. The third kappa shape index (κ3) is 4.51. The van der Waals surface area contributed by atoms with Crippen molar-refractivity contribution in [1.82, 2.24) is 9.13 Å². The van der Waals surface area contributed by atoms with Crippen molar-refractivity contribution in [2.45, 2.75) is 52.0 Å². The molecule has 1 aromatic rings. The lowest BCUT2D eigenvalue weighted by Gasteiger charge is -2.22. The van der Waals surface area contributed by atoms with Crippen molar-refractivity contribution in [1.29, 1.82) is 0 Å². The lowest BCUT2D eigenvalue weighted by Crippen LogP contribution is -2.44. The lowest BCUT2D eigenvalue weighted by atomic mass is 9.98. The molecule has 28 heavy (non-hydrogen) atoms. The fraction of sp³-hybridized carbons (Fsp3) is 0.611. The van der Waals surface area contributed by atoms with Gasteiger partial charge in [-0.25, -0.2) is 9.36 Å². The minimum absolute atomic E-state index is 0.155. The van der Waals surface area contributed by atoms with E-state index in [1.54, 1.807) is 20.8 Å². The van der Waals surface area contributed by atoms with Crippen LogP contribution in [0.15, 0.2) is 21.9 Å². The second-order valence-electron chi connectivity index (χ2n) is 7.30. The molecule has 2 N–H and O–H groups in total. The minimum atomic E-state index is -1.24. The second kappa shape index (κ2) is 8.70. The highest BCUT2D eigenvalue weighted by molar-refractivity contribution is 5.75. The van der Waals surface area contributed by atoms with E-state index in [0.717, 1.165) is 10.6 Å². The van der Waals surface area contributed by atoms with Gasteiger partial charge in [-0.15, -0.1) is 6.42 Å². The number of terminal acetylenes is 1. The van der Waals surface area contributed by atoms with Gasteiger partial charge in [0.05, 0.1) is 12.0 Å². The summed E-state index contributed by atoms with van der Waals surface area (Å²) in [6, 6.07) is 1.09. The van der Waals surface area contributed by atoms with Gasteiger partial charge in [0.25, 0.3) is 5.56 Å². The summed E-state index contributed by atoms with van der Waals surface area (Å²) < 4.78 is 17.7. The molecule has 10 heteroatoms. The zero-order chi connectivity index (χ0) is 21.1. The molecule has 1 aliphatic heterocycles. The van der Waals surface area contributed by atoms with Crippen LogP contribution < -0.4 is 11.2 Å². The van der Waals surface area contributed by atoms with E-state index in [1.807, 2.05) is 0 Å². The van der Waals surface area contributed by atoms with Gasteiger partial charge in [0, 0.05) is 12.3 Å². The molecule has 4 atom stereocenters. The average Bonchev–Trinajstić information content (AvgIpc) is 2.94. The maximum atomic E-state index is 12.8. The minimum Gasteiger partial charge on any atom is -0.443 e. The Bertz CT molecular complexity index is 860. The van der Waals surface area contributed by atoms with Crippen LogP contribution in [0.2, 0.25) is 0 Å². The number of hydrogen-bond acceptors (Lipinski definition) is 8. The molecule has 0 amide bonds. The Kier molecular flexibility index (Phi) is 6.79. The Hall–Kier alpha value is -2.45. The number of aliphatic hydroxyl groups excluding tert-OH is 2. The standard InChI is InChI=1S/C18H24N2O8/c1-5-8-26-14-13(23)11(9-21)28-15(14)19-7-6-12(22)20(17(19)25)10-27-16(24)18(2,3)4/h1,6-7,11,13-15,21,23H,8-10H2,2-4H3/t11-,13-,14-,15-/m1/s1. The largest absolute Gasteiger partial charge is 0.443 e. The molecule has 0 bridgehead atoms. The number of carbonyl (C=O) groups excluding carboxylic acids is 1. The van der Waals surface area contributed by atoms with Gasteiger partial charge in [0.15, 0.2) is 13.0 Å². The maximum Gasteiger partial charge on any atom is 0.335 e. The predicted molar refractivity (Wildman–Crippen MR) is 96.1 cm³/mol. The molecule has 1 fully saturated rings. The lowest BCUT2D eigenvalue weighted by molar-refractivity contribution is -0.157. The average molecular weight is 396 g/mol. The first-order valence-electron chi connectivity index (χ1n) is 8.60. The summed E-state index contributed by atoms with van der Waals surface area (Å²) in [6.45, 7) is 3.67. The Labute approximate surface area is 161 Å². The summed E-state index contributed by atoms with van der Waals surface area (Å²) in [5.41, 5.74) is -2.32. The summed E-state index contributed by atoms with van der Waals surface area (Å²) in [5, 5.41) is 19.6. The first-order valence-corrected chi connectivity index (χ1v) is 8.60. The topological polar surface area (TPSA) is 129 Å². The summed E-state index contributed by atoms with van der Waals surface area (Å²) >= 11 is 0. The van der Waals surface area contributed by atoms with Crippen molar-refractivity contribution in [2.24, 2.45) is 5.41 Å². The first-order chi connectivity index (χ1) is 13.1. The molecule has 1 aromatic heterocycles. The van der Waals surface area contributed by atoms with Crippen molar-refractivity contribution >= 4 is 5.97 Å². The highest BCUT2D eigenvalue weighted by Gasteiger charge is 2.45. The molecular formula is C18H24N2O8. The van der Waals surface area contributed by atoms with Crippen molar-refractivity contribution in [3.05, 3.63) is 33.1 Å². The predicted octanol–water partition coefficient (Wildman–Crippen LogP) is -1.17. The molecule has 10 nitrogen and oxygen atoms in total. The van der Waals surface area contributed by atoms with Gasteiger partial charge >= 0.3 is 11.7 Å². The van der Waals surface area contributed by atoms with Gasteiger partial charge in [-0.1, -0.05) is 5.92 Å². The van der Waals surface area contributed by atoms with Crippen LogP contribution in [0.3, 0.4) is 0 Å². The number of rotatable bonds is 6. The molecule has 0 unspecified atom stereocenters. The number of esters is 1. The van der Waals surface area contributed by atoms with Gasteiger partial charge in [-0.2, -0.15) is 0 Å². The van der Waals surface area contributed by atoms with E-state index in [2.05, 4.69) is 5.92 Å².